The molecule has 1 atom stereocenters. The zero-order valence-electron chi connectivity index (χ0n) is 12.0. The Hall–Kier alpha value is -2.07. The SMILES string of the molecule is CC1(O)CCCN(C(=O)c2ccc3cccc(O)c3c2)C1. The van der Waals surface area contributed by atoms with Gasteiger partial charge in [-0.15, -0.1) is 0 Å². The largest absolute Gasteiger partial charge is 0.507 e. The van der Waals surface area contributed by atoms with Gasteiger partial charge in [-0.05, 0) is 43.4 Å². The quantitative estimate of drug-likeness (QED) is 0.846. The number of carbonyl (C=O) groups is 1. The van der Waals surface area contributed by atoms with Gasteiger partial charge in [0.2, 0.25) is 0 Å². The van der Waals surface area contributed by atoms with Crippen LogP contribution in [0.4, 0.5) is 0 Å². The van der Waals surface area contributed by atoms with Crippen molar-refractivity contribution < 1.29 is 15.0 Å². The Bertz CT molecular complexity index is 693. The first-order valence-electron chi connectivity index (χ1n) is 7.20. The summed E-state index contributed by atoms with van der Waals surface area (Å²) in [6.07, 6.45) is 1.52. The molecule has 4 heteroatoms. The molecule has 0 bridgehead atoms. The van der Waals surface area contributed by atoms with Gasteiger partial charge in [-0.1, -0.05) is 18.2 Å². The Morgan fingerprint density at radius 3 is 2.86 bits per heavy atom. The minimum atomic E-state index is -0.813. The summed E-state index contributed by atoms with van der Waals surface area (Å²) in [7, 11) is 0. The van der Waals surface area contributed by atoms with E-state index in [0.29, 0.717) is 24.0 Å². The molecule has 3 rings (SSSR count). The maximum atomic E-state index is 12.6. The number of amides is 1. The first-order valence-corrected chi connectivity index (χ1v) is 7.20. The number of piperidine rings is 1. The van der Waals surface area contributed by atoms with Crippen molar-refractivity contribution >= 4 is 16.7 Å². The molecule has 1 unspecified atom stereocenters. The summed E-state index contributed by atoms with van der Waals surface area (Å²) in [6.45, 7) is 2.77. The minimum absolute atomic E-state index is 0.0971. The lowest BCUT2D eigenvalue weighted by Crippen LogP contribution is -2.48. The summed E-state index contributed by atoms with van der Waals surface area (Å²) in [5, 5.41) is 21.6. The van der Waals surface area contributed by atoms with Gasteiger partial charge in [-0.3, -0.25) is 4.79 Å². The molecular weight excluding hydrogens is 266 g/mol. The van der Waals surface area contributed by atoms with E-state index in [0.717, 1.165) is 18.2 Å². The summed E-state index contributed by atoms with van der Waals surface area (Å²) >= 11 is 0. The lowest BCUT2D eigenvalue weighted by molar-refractivity contribution is -0.0107. The number of nitrogens with zero attached hydrogens (tertiary/aromatic N) is 1. The molecule has 2 aromatic carbocycles. The first kappa shape index (κ1) is 13.9. The average Bonchev–Trinajstić information content (AvgIpc) is 2.45. The number of hydrogen-bond acceptors (Lipinski definition) is 3. The molecule has 0 saturated carbocycles. The average molecular weight is 285 g/mol. The fraction of sp³-hybridized carbons (Fsp3) is 0.353. The number of hydrogen-bond donors (Lipinski definition) is 2. The van der Waals surface area contributed by atoms with Crippen LogP contribution >= 0.6 is 0 Å². The summed E-state index contributed by atoms with van der Waals surface area (Å²) in [5.74, 6) is 0.0768. The van der Waals surface area contributed by atoms with E-state index >= 15 is 0 Å². The van der Waals surface area contributed by atoms with Gasteiger partial charge in [0.1, 0.15) is 5.75 Å². The van der Waals surface area contributed by atoms with Crippen LogP contribution in [0.3, 0.4) is 0 Å². The van der Waals surface area contributed by atoms with Crippen LogP contribution < -0.4 is 0 Å². The third-order valence-corrected chi connectivity index (χ3v) is 4.07. The lowest BCUT2D eigenvalue weighted by Gasteiger charge is -2.36. The Balaban J connectivity index is 1.93. The van der Waals surface area contributed by atoms with Crippen molar-refractivity contribution in [3.05, 3.63) is 42.0 Å². The van der Waals surface area contributed by atoms with Crippen LogP contribution in [0.2, 0.25) is 0 Å². The molecule has 1 heterocycles. The van der Waals surface area contributed by atoms with Crippen molar-refractivity contribution in [3.63, 3.8) is 0 Å². The fourth-order valence-electron chi connectivity index (χ4n) is 2.97. The normalized spacial score (nSPS) is 22.5. The summed E-state index contributed by atoms with van der Waals surface area (Å²) in [4.78, 5) is 14.3. The van der Waals surface area contributed by atoms with Crippen LogP contribution in [0.5, 0.6) is 5.75 Å². The van der Waals surface area contributed by atoms with Crippen molar-refractivity contribution in [3.8, 4) is 5.75 Å². The Morgan fingerprint density at radius 1 is 1.29 bits per heavy atom. The van der Waals surface area contributed by atoms with E-state index in [9.17, 15) is 15.0 Å². The number of likely N-dealkylation sites (tertiary alicyclic amines) is 1. The number of β-amino-alcohol motifs (C(OH)–C–C–N with tert-alkyl or cyclic N) is 1. The zero-order valence-corrected chi connectivity index (χ0v) is 12.0. The predicted octanol–water partition coefficient (Wildman–Crippen LogP) is 2.53. The van der Waals surface area contributed by atoms with E-state index in [1.165, 1.54) is 0 Å². The van der Waals surface area contributed by atoms with Crippen molar-refractivity contribution in [1.29, 1.82) is 0 Å². The number of phenolic OH excluding ortho intramolecular Hbond substituents is 1. The molecule has 1 saturated heterocycles. The number of fused-ring (bicyclic) bond motifs is 1. The summed E-state index contributed by atoms with van der Waals surface area (Å²) in [6, 6.07) is 10.6. The standard InChI is InChI=1S/C17H19NO3/c1-17(21)8-3-9-18(11-17)16(20)13-7-6-12-4-2-5-15(19)14(12)10-13/h2,4-7,10,19,21H,3,8-9,11H2,1H3. The summed E-state index contributed by atoms with van der Waals surface area (Å²) < 4.78 is 0. The molecule has 4 nitrogen and oxygen atoms in total. The highest BCUT2D eigenvalue weighted by atomic mass is 16.3. The van der Waals surface area contributed by atoms with Crippen molar-refractivity contribution in [2.24, 2.45) is 0 Å². The maximum absolute atomic E-state index is 12.6. The number of carbonyl (C=O) groups excluding carboxylic acids is 1. The minimum Gasteiger partial charge on any atom is -0.507 e. The van der Waals surface area contributed by atoms with Gasteiger partial charge < -0.3 is 15.1 Å². The lowest BCUT2D eigenvalue weighted by atomic mass is 9.94. The van der Waals surface area contributed by atoms with Crippen molar-refractivity contribution in [2.45, 2.75) is 25.4 Å². The molecule has 0 spiro atoms. The predicted molar refractivity (Wildman–Crippen MR) is 81.4 cm³/mol. The molecule has 0 radical (unpaired) electrons. The number of phenols is 1. The highest BCUT2D eigenvalue weighted by Crippen LogP contribution is 2.27. The van der Waals surface area contributed by atoms with Crippen LogP contribution in [0, 0.1) is 0 Å². The molecule has 2 aromatic rings. The fourth-order valence-corrected chi connectivity index (χ4v) is 2.97. The molecular formula is C17H19NO3. The van der Waals surface area contributed by atoms with Crippen LogP contribution in [0.15, 0.2) is 36.4 Å². The second-order valence-electron chi connectivity index (χ2n) is 6.04. The van der Waals surface area contributed by atoms with Crippen molar-refractivity contribution in [1.82, 2.24) is 4.90 Å². The molecule has 0 aliphatic carbocycles. The number of benzene rings is 2. The molecule has 110 valence electrons. The molecule has 2 N–H and O–H groups in total. The molecule has 1 amide bonds. The van der Waals surface area contributed by atoms with Gasteiger partial charge in [-0.25, -0.2) is 0 Å². The van der Waals surface area contributed by atoms with E-state index in [-0.39, 0.29) is 11.7 Å². The van der Waals surface area contributed by atoms with Crippen LogP contribution in [0.25, 0.3) is 10.8 Å². The third kappa shape index (κ3) is 2.72. The third-order valence-electron chi connectivity index (χ3n) is 4.07. The molecule has 1 aliphatic rings. The van der Waals surface area contributed by atoms with Crippen LogP contribution in [-0.4, -0.2) is 39.7 Å². The number of aliphatic hydroxyl groups is 1. The molecule has 0 aromatic heterocycles. The second-order valence-corrected chi connectivity index (χ2v) is 6.04. The highest BCUT2D eigenvalue weighted by Gasteiger charge is 2.31. The topological polar surface area (TPSA) is 60.8 Å². The maximum Gasteiger partial charge on any atom is 0.253 e. The van der Waals surface area contributed by atoms with Gasteiger partial charge in [0.05, 0.1) is 5.60 Å². The van der Waals surface area contributed by atoms with Crippen LogP contribution in [0.1, 0.15) is 30.1 Å². The van der Waals surface area contributed by atoms with E-state index in [1.54, 1.807) is 36.1 Å². The number of aromatic hydroxyl groups is 1. The van der Waals surface area contributed by atoms with E-state index in [1.807, 2.05) is 12.1 Å². The van der Waals surface area contributed by atoms with Gasteiger partial charge in [0, 0.05) is 24.0 Å². The first-order chi connectivity index (χ1) is 9.96. The number of rotatable bonds is 1. The van der Waals surface area contributed by atoms with E-state index < -0.39 is 5.60 Å². The Labute approximate surface area is 123 Å². The van der Waals surface area contributed by atoms with E-state index in [2.05, 4.69) is 0 Å². The second kappa shape index (κ2) is 5.04. The van der Waals surface area contributed by atoms with Crippen LogP contribution in [-0.2, 0) is 0 Å². The van der Waals surface area contributed by atoms with Gasteiger partial charge in [-0.2, -0.15) is 0 Å². The smallest absolute Gasteiger partial charge is 0.253 e. The zero-order chi connectivity index (χ0) is 15.0. The van der Waals surface area contributed by atoms with Crippen molar-refractivity contribution in [2.75, 3.05) is 13.1 Å². The molecule has 1 aliphatic heterocycles. The van der Waals surface area contributed by atoms with Gasteiger partial charge >= 0.3 is 0 Å². The molecule has 1 fully saturated rings. The highest BCUT2D eigenvalue weighted by molar-refractivity contribution is 6.00. The molecule has 21 heavy (non-hydrogen) atoms. The van der Waals surface area contributed by atoms with Gasteiger partial charge in [0.15, 0.2) is 0 Å². The Kier molecular flexibility index (Phi) is 3.33. The van der Waals surface area contributed by atoms with Gasteiger partial charge in [0.25, 0.3) is 5.91 Å². The van der Waals surface area contributed by atoms with E-state index in [4.69, 9.17) is 0 Å². The summed E-state index contributed by atoms with van der Waals surface area (Å²) in [5.41, 5.74) is -0.269. The Morgan fingerprint density at radius 2 is 2.10 bits per heavy atom. The monoisotopic (exact) mass is 285 g/mol.